The zero-order valence-electron chi connectivity index (χ0n) is 11.1. The highest BCUT2D eigenvalue weighted by Crippen LogP contribution is 2.44. The Kier molecular flexibility index (Phi) is 3.41. The molecule has 0 bridgehead atoms. The van der Waals surface area contributed by atoms with E-state index in [0.29, 0.717) is 19.6 Å². The molecule has 4 nitrogen and oxygen atoms in total. The molecule has 2 heterocycles. The largest absolute Gasteiger partial charge is 0.333 e. The average Bonchev–Trinajstić information content (AvgIpc) is 2.45. The lowest BCUT2D eigenvalue weighted by Crippen LogP contribution is -2.53. The van der Waals surface area contributed by atoms with Gasteiger partial charge in [0, 0.05) is 50.8 Å². The van der Waals surface area contributed by atoms with Crippen LogP contribution in [-0.2, 0) is 4.79 Å². The summed E-state index contributed by atoms with van der Waals surface area (Å²) in [5.41, 5.74) is 0.944. The molecule has 1 unspecified atom stereocenters. The number of nitrogens with zero attached hydrogens (tertiary/aromatic N) is 2. The van der Waals surface area contributed by atoms with Crippen LogP contribution in [0.2, 0.25) is 0 Å². The van der Waals surface area contributed by atoms with Gasteiger partial charge in [0.15, 0.2) is 0 Å². The van der Waals surface area contributed by atoms with Crippen LogP contribution in [0.5, 0.6) is 0 Å². The molecule has 1 atom stereocenters. The van der Waals surface area contributed by atoms with Gasteiger partial charge >= 0.3 is 0 Å². The first kappa shape index (κ1) is 13.4. The van der Waals surface area contributed by atoms with Gasteiger partial charge in [-0.3, -0.25) is 9.78 Å². The van der Waals surface area contributed by atoms with Crippen LogP contribution in [0, 0.1) is 5.92 Å². The molecular weight excluding hydrogens is 264 g/mol. The minimum Gasteiger partial charge on any atom is -0.333 e. The van der Waals surface area contributed by atoms with Gasteiger partial charge in [-0.05, 0) is 11.6 Å². The summed E-state index contributed by atoms with van der Waals surface area (Å²) in [7, 11) is 0. The Morgan fingerprint density at radius 3 is 2.90 bits per heavy atom. The zero-order valence-corrected chi connectivity index (χ0v) is 11.1. The van der Waals surface area contributed by atoms with Crippen LogP contribution in [0.1, 0.15) is 24.4 Å². The number of carbonyl (C=O) groups excluding carboxylic acids is 1. The fourth-order valence-electron chi connectivity index (χ4n) is 2.91. The molecule has 1 amide bonds. The summed E-state index contributed by atoms with van der Waals surface area (Å²) in [6.07, 6.45) is 2.79. The summed E-state index contributed by atoms with van der Waals surface area (Å²) >= 11 is 0. The lowest BCUT2D eigenvalue weighted by atomic mass is 9.80. The zero-order chi connectivity index (χ0) is 14.2. The Morgan fingerprint density at radius 2 is 2.25 bits per heavy atom. The molecule has 6 heteroatoms. The normalized spacial score (nSPS) is 26.1. The molecule has 2 aliphatic rings. The third-order valence-corrected chi connectivity index (χ3v) is 4.03. The van der Waals surface area contributed by atoms with Crippen LogP contribution in [0.25, 0.3) is 0 Å². The van der Waals surface area contributed by atoms with Gasteiger partial charge in [-0.15, -0.1) is 0 Å². The highest BCUT2D eigenvalue weighted by molar-refractivity contribution is 5.80. The maximum Gasteiger partial charge on any atom is 0.249 e. The maximum absolute atomic E-state index is 12.9. The first-order valence-electron chi connectivity index (χ1n) is 6.86. The average molecular weight is 281 g/mol. The van der Waals surface area contributed by atoms with Crippen LogP contribution >= 0.6 is 0 Å². The van der Waals surface area contributed by atoms with E-state index in [-0.39, 0.29) is 24.8 Å². The van der Waals surface area contributed by atoms with E-state index in [1.165, 1.54) is 0 Å². The third kappa shape index (κ3) is 2.52. The summed E-state index contributed by atoms with van der Waals surface area (Å²) < 4.78 is 25.9. The Balaban J connectivity index is 1.74. The van der Waals surface area contributed by atoms with E-state index in [1.54, 1.807) is 17.3 Å². The fourth-order valence-corrected chi connectivity index (χ4v) is 2.91. The number of pyridine rings is 1. The van der Waals surface area contributed by atoms with Crippen LogP contribution in [0.3, 0.4) is 0 Å². The number of hydrogen-bond donors (Lipinski definition) is 1. The Labute approximate surface area is 116 Å². The van der Waals surface area contributed by atoms with Gasteiger partial charge in [-0.1, -0.05) is 6.07 Å². The number of nitrogens with one attached hydrogen (secondary N) is 1. The molecule has 3 rings (SSSR count). The summed E-state index contributed by atoms with van der Waals surface area (Å²) in [5.74, 6) is -3.33. The predicted molar refractivity (Wildman–Crippen MR) is 69.2 cm³/mol. The highest BCUT2D eigenvalue weighted by atomic mass is 19.3. The first-order chi connectivity index (χ1) is 9.57. The Bertz CT molecular complexity index is 486. The van der Waals surface area contributed by atoms with Gasteiger partial charge in [-0.25, -0.2) is 8.78 Å². The molecule has 1 aromatic heterocycles. The SMILES string of the molecule is O=C(C1CC(F)(F)C1)N1CCNCC1c1cccnc1. The van der Waals surface area contributed by atoms with Crippen LogP contribution < -0.4 is 5.32 Å². The van der Waals surface area contributed by atoms with Crippen molar-refractivity contribution >= 4 is 5.91 Å². The topological polar surface area (TPSA) is 45.2 Å². The van der Waals surface area contributed by atoms with Gasteiger partial charge in [0.2, 0.25) is 11.8 Å². The minimum atomic E-state index is -2.65. The van der Waals surface area contributed by atoms with Crippen molar-refractivity contribution in [2.45, 2.75) is 24.8 Å². The lowest BCUT2D eigenvalue weighted by Gasteiger charge is -2.42. The van der Waals surface area contributed by atoms with E-state index >= 15 is 0 Å². The van der Waals surface area contributed by atoms with Crippen molar-refractivity contribution in [1.82, 2.24) is 15.2 Å². The van der Waals surface area contributed by atoms with Crippen molar-refractivity contribution in [3.8, 4) is 0 Å². The van der Waals surface area contributed by atoms with Crippen LogP contribution in [0.15, 0.2) is 24.5 Å². The van der Waals surface area contributed by atoms with Gasteiger partial charge in [-0.2, -0.15) is 0 Å². The van der Waals surface area contributed by atoms with Gasteiger partial charge in [0.05, 0.1) is 6.04 Å². The second-order valence-electron chi connectivity index (χ2n) is 5.50. The third-order valence-electron chi connectivity index (χ3n) is 4.03. The van der Waals surface area contributed by atoms with E-state index in [1.807, 2.05) is 12.1 Å². The van der Waals surface area contributed by atoms with E-state index in [9.17, 15) is 13.6 Å². The lowest BCUT2D eigenvalue weighted by molar-refractivity contribution is -0.162. The molecule has 108 valence electrons. The number of aromatic nitrogens is 1. The van der Waals surface area contributed by atoms with Gasteiger partial charge in [0.1, 0.15) is 0 Å². The van der Waals surface area contributed by atoms with Crippen molar-refractivity contribution in [2.24, 2.45) is 5.92 Å². The van der Waals surface area contributed by atoms with Crippen LogP contribution in [0.4, 0.5) is 8.78 Å². The molecule has 0 aromatic carbocycles. The summed E-state index contributed by atoms with van der Waals surface area (Å²) in [5, 5.41) is 3.24. The molecule has 1 saturated heterocycles. The Morgan fingerprint density at radius 1 is 1.45 bits per heavy atom. The molecule has 1 N–H and O–H groups in total. The maximum atomic E-state index is 12.9. The molecular formula is C14H17F2N3O. The number of amides is 1. The smallest absolute Gasteiger partial charge is 0.249 e. The summed E-state index contributed by atoms with van der Waals surface area (Å²) in [4.78, 5) is 18.2. The monoisotopic (exact) mass is 281 g/mol. The Hall–Kier alpha value is -1.56. The van der Waals surface area contributed by atoms with E-state index in [4.69, 9.17) is 0 Å². The van der Waals surface area contributed by atoms with Crippen molar-refractivity contribution in [3.05, 3.63) is 30.1 Å². The fraction of sp³-hybridized carbons (Fsp3) is 0.571. The minimum absolute atomic E-state index is 0.112. The van der Waals surface area contributed by atoms with Crippen LogP contribution in [-0.4, -0.2) is 41.3 Å². The number of halogens is 2. The first-order valence-corrected chi connectivity index (χ1v) is 6.86. The number of hydrogen-bond acceptors (Lipinski definition) is 3. The van der Waals surface area contributed by atoms with Crippen molar-refractivity contribution in [3.63, 3.8) is 0 Å². The van der Waals surface area contributed by atoms with E-state index in [2.05, 4.69) is 10.3 Å². The molecule has 1 aliphatic heterocycles. The standard InChI is InChI=1S/C14H17F2N3O/c15-14(16)6-11(7-14)13(20)19-5-4-18-9-12(19)10-2-1-3-17-8-10/h1-3,8,11-12,18H,4-7,9H2. The summed E-state index contributed by atoms with van der Waals surface area (Å²) in [6, 6.07) is 3.63. The van der Waals surface area contributed by atoms with Gasteiger partial charge < -0.3 is 10.2 Å². The van der Waals surface area contributed by atoms with Crippen molar-refractivity contribution in [2.75, 3.05) is 19.6 Å². The number of piperazine rings is 1. The van der Waals surface area contributed by atoms with E-state index < -0.39 is 11.8 Å². The van der Waals surface area contributed by atoms with Gasteiger partial charge in [0.25, 0.3) is 0 Å². The molecule has 2 fully saturated rings. The van der Waals surface area contributed by atoms with E-state index in [0.717, 1.165) is 5.56 Å². The van der Waals surface area contributed by atoms with Crippen molar-refractivity contribution in [1.29, 1.82) is 0 Å². The number of carbonyl (C=O) groups is 1. The molecule has 1 aliphatic carbocycles. The molecule has 1 saturated carbocycles. The molecule has 0 radical (unpaired) electrons. The second kappa shape index (κ2) is 5.09. The molecule has 1 aromatic rings. The number of alkyl halides is 2. The summed E-state index contributed by atoms with van der Waals surface area (Å²) in [6.45, 7) is 1.90. The molecule has 0 spiro atoms. The number of rotatable bonds is 2. The van der Waals surface area contributed by atoms with Crippen molar-refractivity contribution < 1.29 is 13.6 Å². The highest BCUT2D eigenvalue weighted by Gasteiger charge is 2.50. The molecule has 20 heavy (non-hydrogen) atoms. The predicted octanol–water partition coefficient (Wildman–Crippen LogP) is 1.60. The second-order valence-corrected chi connectivity index (χ2v) is 5.50. The quantitative estimate of drug-likeness (QED) is 0.895.